The first-order valence-electron chi connectivity index (χ1n) is 4.69. The number of nitrogens with one attached hydrogen (secondary N) is 1. The zero-order valence-electron chi connectivity index (χ0n) is 8.93. The number of halogens is 3. The summed E-state index contributed by atoms with van der Waals surface area (Å²) in [5.41, 5.74) is 0.466. The van der Waals surface area contributed by atoms with E-state index in [0.29, 0.717) is 18.1 Å². The van der Waals surface area contributed by atoms with E-state index in [1.54, 1.807) is 13.8 Å². The molecule has 1 aromatic heterocycles. The first-order chi connectivity index (χ1) is 7.44. The summed E-state index contributed by atoms with van der Waals surface area (Å²) in [6.07, 6.45) is -3.11. The van der Waals surface area contributed by atoms with Gasteiger partial charge in [-0.2, -0.15) is 13.2 Å². The van der Waals surface area contributed by atoms with Crippen LogP contribution in [0.4, 0.5) is 19.0 Å². The number of rotatable bonds is 4. The number of ether oxygens (including phenoxy) is 1. The zero-order chi connectivity index (χ0) is 12.2. The third kappa shape index (κ3) is 3.56. The van der Waals surface area contributed by atoms with Gasteiger partial charge in [0.15, 0.2) is 0 Å². The maximum absolute atomic E-state index is 12.0. The van der Waals surface area contributed by atoms with Gasteiger partial charge in [0.1, 0.15) is 18.7 Å². The van der Waals surface area contributed by atoms with Crippen LogP contribution in [0.3, 0.4) is 0 Å². The molecule has 1 aromatic rings. The molecular formula is C9H12F3N3O. The topological polar surface area (TPSA) is 47.0 Å². The van der Waals surface area contributed by atoms with Crippen LogP contribution >= 0.6 is 0 Å². The van der Waals surface area contributed by atoms with E-state index in [2.05, 4.69) is 15.3 Å². The fourth-order valence-electron chi connectivity index (χ4n) is 1.08. The Balaban J connectivity index is 2.77. The molecule has 0 aliphatic heterocycles. The van der Waals surface area contributed by atoms with E-state index >= 15 is 0 Å². The quantitative estimate of drug-likeness (QED) is 0.868. The van der Waals surface area contributed by atoms with Gasteiger partial charge in [-0.15, -0.1) is 0 Å². The van der Waals surface area contributed by atoms with Crippen LogP contribution < -0.4 is 10.1 Å². The van der Waals surface area contributed by atoms with Gasteiger partial charge >= 0.3 is 6.18 Å². The van der Waals surface area contributed by atoms with Crippen LogP contribution in [-0.2, 0) is 0 Å². The van der Waals surface area contributed by atoms with E-state index in [0.717, 1.165) is 6.33 Å². The molecule has 0 saturated heterocycles. The second kappa shape index (κ2) is 5.00. The first kappa shape index (κ1) is 12.5. The molecule has 1 rings (SSSR count). The first-order valence-corrected chi connectivity index (χ1v) is 4.69. The standard InChI is InChI=1S/C9H12F3N3O/c1-3-16-8-6(2)7(14-5-15-8)13-4-9(10,11)12/h5H,3-4H2,1-2H3,(H,13,14,15). The average Bonchev–Trinajstić information content (AvgIpc) is 2.18. The van der Waals surface area contributed by atoms with Crippen LogP contribution in [0.1, 0.15) is 12.5 Å². The average molecular weight is 235 g/mol. The molecule has 90 valence electrons. The van der Waals surface area contributed by atoms with Gasteiger partial charge in [0.2, 0.25) is 5.88 Å². The molecule has 1 N–H and O–H groups in total. The smallest absolute Gasteiger partial charge is 0.405 e. The fourth-order valence-corrected chi connectivity index (χ4v) is 1.08. The van der Waals surface area contributed by atoms with Crippen LogP contribution in [-0.4, -0.2) is 29.3 Å². The van der Waals surface area contributed by atoms with Gasteiger partial charge < -0.3 is 10.1 Å². The van der Waals surface area contributed by atoms with Crippen molar-refractivity contribution >= 4 is 5.82 Å². The van der Waals surface area contributed by atoms with Crippen LogP contribution in [0.15, 0.2) is 6.33 Å². The highest BCUT2D eigenvalue weighted by Gasteiger charge is 2.27. The molecule has 0 amide bonds. The Bertz CT molecular complexity index is 354. The van der Waals surface area contributed by atoms with Crippen molar-refractivity contribution in [3.8, 4) is 5.88 Å². The Kier molecular flexibility index (Phi) is 3.92. The normalized spacial score (nSPS) is 11.3. The Labute approximate surface area is 90.9 Å². The van der Waals surface area contributed by atoms with Crippen molar-refractivity contribution < 1.29 is 17.9 Å². The summed E-state index contributed by atoms with van der Waals surface area (Å²) in [6.45, 7) is 2.64. The predicted octanol–water partition coefficient (Wildman–Crippen LogP) is 2.16. The monoisotopic (exact) mass is 235 g/mol. The summed E-state index contributed by atoms with van der Waals surface area (Å²) in [5.74, 6) is 0.429. The summed E-state index contributed by atoms with van der Waals surface area (Å²) >= 11 is 0. The van der Waals surface area contributed by atoms with Crippen molar-refractivity contribution in [2.24, 2.45) is 0 Å². The van der Waals surface area contributed by atoms with E-state index in [1.165, 1.54) is 0 Å². The SMILES string of the molecule is CCOc1ncnc(NCC(F)(F)F)c1C. The van der Waals surface area contributed by atoms with Gasteiger partial charge in [-0.1, -0.05) is 0 Å². The van der Waals surface area contributed by atoms with E-state index < -0.39 is 12.7 Å². The van der Waals surface area contributed by atoms with Crippen LogP contribution in [0, 0.1) is 6.92 Å². The third-order valence-electron chi connectivity index (χ3n) is 1.78. The van der Waals surface area contributed by atoms with Crippen LogP contribution in [0.2, 0.25) is 0 Å². The molecule has 0 unspecified atom stereocenters. The Hall–Kier alpha value is -1.53. The Morgan fingerprint density at radius 3 is 2.62 bits per heavy atom. The molecule has 7 heteroatoms. The third-order valence-corrected chi connectivity index (χ3v) is 1.78. The molecule has 16 heavy (non-hydrogen) atoms. The summed E-state index contributed by atoms with van der Waals surface area (Å²) in [6, 6.07) is 0. The van der Waals surface area contributed by atoms with Gasteiger partial charge in [-0.3, -0.25) is 0 Å². The molecule has 0 atom stereocenters. The number of aromatic nitrogens is 2. The van der Waals surface area contributed by atoms with Gasteiger partial charge in [0.25, 0.3) is 0 Å². The highest BCUT2D eigenvalue weighted by Crippen LogP contribution is 2.22. The highest BCUT2D eigenvalue weighted by atomic mass is 19.4. The van der Waals surface area contributed by atoms with Gasteiger partial charge in [-0.25, -0.2) is 9.97 Å². The Morgan fingerprint density at radius 2 is 2.06 bits per heavy atom. The van der Waals surface area contributed by atoms with Gasteiger partial charge in [0.05, 0.1) is 12.2 Å². The minimum atomic E-state index is -4.27. The van der Waals surface area contributed by atoms with E-state index in [9.17, 15) is 13.2 Å². The second-order valence-corrected chi connectivity index (χ2v) is 3.05. The lowest BCUT2D eigenvalue weighted by Crippen LogP contribution is -2.22. The number of alkyl halides is 3. The summed E-state index contributed by atoms with van der Waals surface area (Å²) < 4.78 is 41.1. The number of hydrogen-bond donors (Lipinski definition) is 1. The van der Waals surface area contributed by atoms with Crippen LogP contribution in [0.25, 0.3) is 0 Å². The molecule has 1 heterocycles. The number of anilines is 1. The maximum atomic E-state index is 12.0. The van der Waals surface area contributed by atoms with E-state index in [4.69, 9.17) is 4.74 Å². The highest BCUT2D eigenvalue weighted by molar-refractivity contribution is 5.47. The lowest BCUT2D eigenvalue weighted by Gasteiger charge is -2.12. The second-order valence-electron chi connectivity index (χ2n) is 3.05. The molecule has 0 spiro atoms. The zero-order valence-corrected chi connectivity index (χ0v) is 8.93. The molecule has 0 aliphatic rings. The summed E-state index contributed by atoms with van der Waals surface area (Å²) in [5, 5.41) is 2.20. The molecule has 0 aromatic carbocycles. The molecule has 4 nitrogen and oxygen atoms in total. The molecule has 0 radical (unpaired) electrons. The largest absolute Gasteiger partial charge is 0.478 e. The summed E-state index contributed by atoms with van der Waals surface area (Å²) in [7, 11) is 0. The molecule has 0 saturated carbocycles. The van der Waals surface area contributed by atoms with E-state index in [1.807, 2.05) is 0 Å². The van der Waals surface area contributed by atoms with Crippen molar-refractivity contribution in [2.45, 2.75) is 20.0 Å². The lowest BCUT2D eigenvalue weighted by molar-refractivity contribution is -0.115. The molecular weight excluding hydrogens is 223 g/mol. The number of nitrogens with zero attached hydrogens (tertiary/aromatic N) is 2. The van der Waals surface area contributed by atoms with E-state index in [-0.39, 0.29) is 5.82 Å². The lowest BCUT2D eigenvalue weighted by atomic mass is 10.3. The van der Waals surface area contributed by atoms with Gasteiger partial charge in [-0.05, 0) is 13.8 Å². The van der Waals surface area contributed by atoms with Crippen molar-refractivity contribution in [2.75, 3.05) is 18.5 Å². The molecule has 0 bridgehead atoms. The molecule has 0 fully saturated rings. The van der Waals surface area contributed by atoms with Crippen molar-refractivity contribution in [3.63, 3.8) is 0 Å². The van der Waals surface area contributed by atoms with Gasteiger partial charge in [0, 0.05) is 0 Å². The fraction of sp³-hybridized carbons (Fsp3) is 0.556. The predicted molar refractivity (Wildman–Crippen MR) is 52.5 cm³/mol. The minimum Gasteiger partial charge on any atom is -0.478 e. The molecule has 0 aliphatic carbocycles. The maximum Gasteiger partial charge on any atom is 0.405 e. The summed E-state index contributed by atoms with van der Waals surface area (Å²) in [4.78, 5) is 7.54. The number of hydrogen-bond acceptors (Lipinski definition) is 4. The Morgan fingerprint density at radius 1 is 1.38 bits per heavy atom. The van der Waals surface area contributed by atoms with Crippen molar-refractivity contribution in [1.82, 2.24) is 9.97 Å². The van der Waals surface area contributed by atoms with Crippen molar-refractivity contribution in [1.29, 1.82) is 0 Å². The van der Waals surface area contributed by atoms with Crippen LogP contribution in [0.5, 0.6) is 5.88 Å². The van der Waals surface area contributed by atoms with Crippen molar-refractivity contribution in [3.05, 3.63) is 11.9 Å². The minimum absolute atomic E-state index is 0.135.